The van der Waals surface area contributed by atoms with E-state index in [0.717, 1.165) is 11.1 Å². The summed E-state index contributed by atoms with van der Waals surface area (Å²) in [6.07, 6.45) is 5.29. The molecule has 0 aliphatic rings. The van der Waals surface area contributed by atoms with Gasteiger partial charge in [0.15, 0.2) is 0 Å². The Hall–Kier alpha value is -1.75. The van der Waals surface area contributed by atoms with Crippen molar-refractivity contribution in [2.24, 2.45) is 0 Å². The molecule has 0 fully saturated rings. The molecule has 0 saturated carbocycles. The van der Waals surface area contributed by atoms with Crippen LogP contribution >= 0.6 is 0 Å². The lowest BCUT2D eigenvalue weighted by molar-refractivity contribution is 0.0827. The summed E-state index contributed by atoms with van der Waals surface area (Å²) >= 11 is 0. The second-order valence-corrected chi connectivity index (χ2v) is 3.43. The van der Waals surface area contributed by atoms with E-state index in [0.29, 0.717) is 5.56 Å². The lowest BCUT2D eigenvalue weighted by Crippen LogP contribution is -2.21. The minimum atomic E-state index is -0.0230. The molecule has 0 atom stereocenters. The van der Waals surface area contributed by atoms with Crippen molar-refractivity contribution in [3.05, 3.63) is 34.9 Å². The smallest absolute Gasteiger partial charge is 0.253 e. The number of benzene rings is 1. The largest absolute Gasteiger partial charge is 0.345 e. The highest BCUT2D eigenvalue weighted by Crippen LogP contribution is 2.10. The molecular formula is C12H13NO. The maximum Gasteiger partial charge on any atom is 0.253 e. The second-order valence-electron chi connectivity index (χ2n) is 3.43. The molecule has 0 N–H and O–H groups in total. The first-order chi connectivity index (χ1) is 6.54. The Bertz CT molecular complexity index is 399. The molecule has 0 heterocycles. The van der Waals surface area contributed by atoms with Crippen molar-refractivity contribution in [1.82, 2.24) is 4.90 Å². The fraction of sp³-hybridized carbons (Fsp3) is 0.250. The third-order valence-electron chi connectivity index (χ3n) is 1.90. The molecule has 0 spiro atoms. The molecule has 0 saturated heterocycles. The van der Waals surface area contributed by atoms with Crippen LogP contribution < -0.4 is 0 Å². The average molecular weight is 187 g/mol. The van der Waals surface area contributed by atoms with Gasteiger partial charge in [0.1, 0.15) is 0 Å². The van der Waals surface area contributed by atoms with Crippen molar-refractivity contribution in [2.75, 3.05) is 14.1 Å². The van der Waals surface area contributed by atoms with Crippen LogP contribution in [0.5, 0.6) is 0 Å². The Morgan fingerprint density at radius 2 is 2.00 bits per heavy atom. The van der Waals surface area contributed by atoms with Gasteiger partial charge < -0.3 is 4.90 Å². The summed E-state index contributed by atoms with van der Waals surface area (Å²) in [4.78, 5) is 13.2. The summed E-state index contributed by atoms with van der Waals surface area (Å²) in [5.41, 5.74) is 2.39. The molecule has 0 radical (unpaired) electrons. The monoisotopic (exact) mass is 187 g/mol. The van der Waals surface area contributed by atoms with Crippen molar-refractivity contribution < 1.29 is 4.79 Å². The third kappa shape index (κ3) is 2.14. The minimum absolute atomic E-state index is 0.0230. The highest BCUT2D eigenvalue weighted by Gasteiger charge is 2.08. The van der Waals surface area contributed by atoms with Gasteiger partial charge in [-0.2, -0.15) is 0 Å². The topological polar surface area (TPSA) is 20.3 Å². The Morgan fingerprint density at radius 3 is 2.50 bits per heavy atom. The molecule has 0 unspecified atom stereocenters. The number of terminal acetylenes is 1. The van der Waals surface area contributed by atoms with Crippen LogP contribution in [-0.4, -0.2) is 24.9 Å². The molecule has 1 amide bonds. The maximum absolute atomic E-state index is 11.6. The van der Waals surface area contributed by atoms with Gasteiger partial charge in [-0.3, -0.25) is 4.79 Å². The normalized spacial score (nSPS) is 9.29. The van der Waals surface area contributed by atoms with Gasteiger partial charge in [0.25, 0.3) is 5.91 Å². The second kappa shape index (κ2) is 3.97. The summed E-state index contributed by atoms with van der Waals surface area (Å²) in [6, 6.07) is 5.45. The van der Waals surface area contributed by atoms with Gasteiger partial charge in [-0.1, -0.05) is 5.92 Å². The third-order valence-corrected chi connectivity index (χ3v) is 1.90. The molecule has 1 aromatic carbocycles. The van der Waals surface area contributed by atoms with Crippen LogP contribution in [0, 0.1) is 19.3 Å². The van der Waals surface area contributed by atoms with Gasteiger partial charge in [-0.25, -0.2) is 0 Å². The van der Waals surface area contributed by atoms with Crippen LogP contribution in [0.1, 0.15) is 21.5 Å². The number of hydrogen-bond donors (Lipinski definition) is 0. The van der Waals surface area contributed by atoms with E-state index in [2.05, 4.69) is 5.92 Å². The lowest BCUT2D eigenvalue weighted by atomic mass is 10.1. The maximum atomic E-state index is 11.6. The highest BCUT2D eigenvalue weighted by molar-refractivity contribution is 5.94. The van der Waals surface area contributed by atoms with E-state index in [4.69, 9.17) is 6.42 Å². The predicted octanol–water partition coefficient (Wildman–Crippen LogP) is 1.68. The number of hydrogen-bond acceptors (Lipinski definition) is 1. The van der Waals surface area contributed by atoms with E-state index in [-0.39, 0.29) is 5.91 Å². The van der Waals surface area contributed by atoms with Crippen molar-refractivity contribution >= 4 is 5.91 Å². The van der Waals surface area contributed by atoms with Gasteiger partial charge in [-0.05, 0) is 30.7 Å². The minimum Gasteiger partial charge on any atom is -0.345 e. The van der Waals surface area contributed by atoms with Gasteiger partial charge in [0.2, 0.25) is 0 Å². The van der Waals surface area contributed by atoms with E-state index in [1.165, 1.54) is 4.90 Å². The summed E-state index contributed by atoms with van der Waals surface area (Å²) in [5, 5.41) is 0. The van der Waals surface area contributed by atoms with Crippen LogP contribution in [0.2, 0.25) is 0 Å². The van der Waals surface area contributed by atoms with Crippen LogP contribution in [-0.2, 0) is 0 Å². The lowest BCUT2D eigenvalue weighted by Gasteiger charge is -2.10. The summed E-state index contributed by atoms with van der Waals surface area (Å²) < 4.78 is 0. The molecule has 1 rings (SSSR count). The van der Waals surface area contributed by atoms with Crippen LogP contribution in [0.15, 0.2) is 18.2 Å². The Balaban J connectivity index is 3.17. The number of nitrogens with zero attached hydrogens (tertiary/aromatic N) is 1. The molecule has 14 heavy (non-hydrogen) atoms. The summed E-state index contributed by atoms with van der Waals surface area (Å²) in [7, 11) is 3.44. The van der Waals surface area contributed by atoms with Gasteiger partial charge in [-0.15, -0.1) is 6.42 Å². The molecule has 2 nitrogen and oxygen atoms in total. The first-order valence-electron chi connectivity index (χ1n) is 4.34. The average Bonchev–Trinajstić information content (AvgIpc) is 2.15. The molecule has 0 bridgehead atoms. The van der Waals surface area contributed by atoms with E-state index in [1.54, 1.807) is 20.2 Å². The highest BCUT2D eigenvalue weighted by atomic mass is 16.2. The Morgan fingerprint density at radius 1 is 1.36 bits per heavy atom. The molecular weight excluding hydrogens is 174 g/mol. The standard InChI is InChI=1S/C12H13NO/c1-5-10-6-9(2)7-11(8-10)12(14)13(3)4/h1,6-8H,2-4H3. The molecule has 2 heteroatoms. The van der Waals surface area contributed by atoms with Crippen LogP contribution in [0.25, 0.3) is 0 Å². The molecule has 0 aliphatic heterocycles. The number of amides is 1. The zero-order chi connectivity index (χ0) is 10.7. The van der Waals surface area contributed by atoms with E-state index in [1.807, 2.05) is 19.1 Å². The van der Waals surface area contributed by atoms with E-state index >= 15 is 0 Å². The summed E-state index contributed by atoms with van der Waals surface area (Å²) in [5.74, 6) is 2.51. The first-order valence-corrected chi connectivity index (χ1v) is 4.34. The van der Waals surface area contributed by atoms with Gasteiger partial charge in [0, 0.05) is 25.2 Å². The van der Waals surface area contributed by atoms with Crippen LogP contribution in [0.3, 0.4) is 0 Å². The van der Waals surface area contributed by atoms with Crippen molar-refractivity contribution in [3.8, 4) is 12.3 Å². The summed E-state index contributed by atoms with van der Waals surface area (Å²) in [6.45, 7) is 1.92. The number of aryl methyl sites for hydroxylation is 1. The fourth-order valence-corrected chi connectivity index (χ4v) is 1.25. The van der Waals surface area contributed by atoms with Gasteiger partial charge in [0.05, 0.1) is 0 Å². The van der Waals surface area contributed by atoms with Crippen LogP contribution in [0.4, 0.5) is 0 Å². The van der Waals surface area contributed by atoms with Crippen molar-refractivity contribution in [3.63, 3.8) is 0 Å². The Kier molecular flexibility index (Phi) is 2.93. The SMILES string of the molecule is C#Cc1cc(C)cc(C(=O)N(C)C)c1. The number of carbonyl (C=O) groups is 1. The fourth-order valence-electron chi connectivity index (χ4n) is 1.25. The molecule has 0 aromatic heterocycles. The Labute approximate surface area is 84.5 Å². The molecule has 72 valence electrons. The zero-order valence-corrected chi connectivity index (χ0v) is 8.66. The van der Waals surface area contributed by atoms with E-state index < -0.39 is 0 Å². The first kappa shape index (κ1) is 10.3. The number of carbonyl (C=O) groups excluding carboxylic acids is 1. The quantitative estimate of drug-likeness (QED) is 0.612. The zero-order valence-electron chi connectivity index (χ0n) is 8.66. The van der Waals surface area contributed by atoms with Crippen molar-refractivity contribution in [1.29, 1.82) is 0 Å². The predicted molar refractivity (Wildman–Crippen MR) is 57.1 cm³/mol. The number of rotatable bonds is 1. The molecule has 0 aliphatic carbocycles. The molecule has 1 aromatic rings. The van der Waals surface area contributed by atoms with Crippen molar-refractivity contribution in [2.45, 2.75) is 6.92 Å². The van der Waals surface area contributed by atoms with E-state index in [9.17, 15) is 4.79 Å². The van der Waals surface area contributed by atoms with Gasteiger partial charge >= 0.3 is 0 Å².